The molecule has 3 nitrogen and oxygen atoms in total. The molecule has 1 fully saturated rings. The minimum atomic E-state index is 0.167. The van der Waals surface area contributed by atoms with Crippen LogP contribution in [0.15, 0.2) is 34.8 Å². The predicted molar refractivity (Wildman–Crippen MR) is 101 cm³/mol. The van der Waals surface area contributed by atoms with E-state index in [0.29, 0.717) is 0 Å². The normalized spacial score (nSPS) is 17.7. The highest BCUT2D eigenvalue weighted by molar-refractivity contribution is 9.10. The molecule has 0 aliphatic carbocycles. The van der Waals surface area contributed by atoms with Gasteiger partial charge in [-0.25, -0.2) is 0 Å². The number of ether oxygens (including phenoxy) is 1. The lowest BCUT2D eigenvalue weighted by atomic mass is 10.0. The van der Waals surface area contributed by atoms with E-state index in [1.165, 1.54) is 10.4 Å². The second-order valence-electron chi connectivity index (χ2n) is 5.57. The first kappa shape index (κ1) is 17.2. The molecule has 0 amide bonds. The molecule has 0 bridgehead atoms. The Kier molecular flexibility index (Phi) is 5.99. The van der Waals surface area contributed by atoms with Gasteiger partial charge in [-0.1, -0.05) is 27.5 Å². The summed E-state index contributed by atoms with van der Waals surface area (Å²) >= 11 is 11.5. The van der Waals surface area contributed by atoms with Gasteiger partial charge in [-0.15, -0.1) is 11.3 Å². The maximum absolute atomic E-state index is 6.22. The summed E-state index contributed by atoms with van der Waals surface area (Å²) < 4.78 is 7.53. The van der Waals surface area contributed by atoms with Crippen molar-refractivity contribution in [3.8, 4) is 5.75 Å². The van der Waals surface area contributed by atoms with Crippen molar-refractivity contribution in [3.05, 3.63) is 49.6 Å². The van der Waals surface area contributed by atoms with E-state index in [2.05, 4.69) is 38.3 Å². The van der Waals surface area contributed by atoms with E-state index in [9.17, 15) is 0 Å². The summed E-state index contributed by atoms with van der Waals surface area (Å²) in [5.74, 6) is 0.917. The van der Waals surface area contributed by atoms with Crippen molar-refractivity contribution in [1.82, 2.24) is 10.2 Å². The van der Waals surface area contributed by atoms with Gasteiger partial charge in [0.25, 0.3) is 0 Å². The van der Waals surface area contributed by atoms with Crippen molar-refractivity contribution in [3.63, 3.8) is 0 Å². The highest BCUT2D eigenvalue weighted by atomic mass is 79.9. The van der Waals surface area contributed by atoms with Crippen molar-refractivity contribution in [2.24, 2.45) is 0 Å². The standard InChI is InChI=1S/C17H20BrClN2OS/c1-22-14-4-3-12(18)11-13(14)17(15-5-6-16(19)23-15)21-9-2-7-20-8-10-21/h3-6,11,17,20H,2,7-10H2,1H3. The number of methoxy groups -OCH3 is 1. The zero-order chi connectivity index (χ0) is 16.2. The van der Waals surface area contributed by atoms with E-state index in [1.807, 2.05) is 18.2 Å². The molecular formula is C17H20BrClN2OS. The van der Waals surface area contributed by atoms with E-state index in [-0.39, 0.29) is 6.04 Å². The third-order valence-corrected chi connectivity index (χ3v) is 5.87. The first-order valence-electron chi connectivity index (χ1n) is 7.72. The minimum absolute atomic E-state index is 0.167. The molecule has 6 heteroatoms. The van der Waals surface area contributed by atoms with Gasteiger partial charge in [-0.2, -0.15) is 0 Å². The monoisotopic (exact) mass is 414 g/mol. The third kappa shape index (κ3) is 4.09. The van der Waals surface area contributed by atoms with Crippen molar-refractivity contribution in [2.45, 2.75) is 12.5 Å². The van der Waals surface area contributed by atoms with Crippen LogP contribution in [0.25, 0.3) is 0 Å². The van der Waals surface area contributed by atoms with Gasteiger partial charge in [0, 0.05) is 34.5 Å². The highest BCUT2D eigenvalue weighted by Gasteiger charge is 2.27. The van der Waals surface area contributed by atoms with Gasteiger partial charge in [0.1, 0.15) is 5.75 Å². The van der Waals surface area contributed by atoms with Crippen LogP contribution < -0.4 is 10.1 Å². The van der Waals surface area contributed by atoms with E-state index in [0.717, 1.165) is 47.2 Å². The molecule has 3 rings (SSSR count). The van der Waals surface area contributed by atoms with E-state index < -0.39 is 0 Å². The van der Waals surface area contributed by atoms with Gasteiger partial charge >= 0.3 is 0 Å². The Bertz CT molecular complexity index is 656. The molecule has 1 aliphatic rings. The van der Waals surface area contributed by atoms with E-state index in [4.69, 9.17) is 16.3 Å². The third-order valence-electron chi connectivity index (χ3n) is 4.09. The quantitative estimate of drug-likeness (QED) is 0.792. The number of hydrogen-bond donors (Lipinski definition) is 1. The zero-order valence-corrected chi connectivity index (χ0v) is 16.2. The van der Waals surface area contributed by atoms with Crippen LogP contribution in [0.5, 0.6) is 5.75 Å². The van der Waals surface area contributed by atoms with Crippen molar-refractivity contribution < 1.29 is 4.74 Å². The van der Waals surface area contributed by atoms with Crippen molar-refractivity contribution >= 4 is 38.9 Å². The lowest BCUT2D eigenvalue weighted by Gasteiger charge is -2.31. The fourth-order valence-corrected chi connectivity index (χ4v) is 4.64. The Labute approximate surface area is 154 Å². The van der Waals surface area contributed by atoms with Gasteiger partial charge in [0.15, 0.2) is 0 Å². The number of halogens is 2. The summed E-state index contributed by atoms with van der Waals surface area (Å²) in [5.41, 5.74) is 1.18. The highest BCUT2D eigenvalue weighted by Crippen LogP contribution is 2.40. The first-order valence-corrected chi connectivity index (χ1v) is 9.71. The molecule has 2 heterocycles. The summed E-state index contributed by atoms with van der Waals surface area (Å²) in [6.07, 6.45) is 1.14. The van der Waals surface area contributed by atoms with Crippen LogP contribution in [0.4, 0.5) is 0 Å². The molecule has 1 atom stereocenters. The fraction of sp³-hybridized carbons (Fsp3) is 0.412. The van der Waals surface area contributed by atoms with Gasteiger partial charge < -0.3 is 10.1 Å². The van der Waals surface area contributed by atoms with Crippen LogP contribution in [0.2, 0.25) is 4.34 Å². The van der Waals surface area contributed by atoms with Crippen LogP contribution in [0, 0.1) is 0 Å². The summed E-state index contributed by atoms with van der Waals surface area (Å²) in [5, 5.41) is 3.48. The number of thiophene rings is 1. The Morgan fingerprint density at radius 1 is 1.26 bits per heavy atom. The molecule has 124 valence electrons. The number of nitrogens with one attached hydrogen (secondary N) is 1. The number of hydrogen-bond acceptors (Lipinski definition) is 4. The van der Waals surface area contributed by atoms with Crippen LogP contribution in [-0.4, -0.2) is 38.2 Å². The van der Waals surface area contributed by atoms with E-state index in [1.54, 1.807) is 18.4 Å². The van der Waals surface area contributed by atoms with E-state index >= 15 is 0 Å². The lowest BCUT2D eigenvalue weighted by Crippen LogP contribution is -2.32. The summed E-state index contributed by atoms with van der Waals surface area (Å²) in [7, 11) is 1.73. The first-order chi connectivity index (χ1) is 11.2. The Morgan fingerprint density at radius 3 is 2.87 bits per heavy atom. The summed E-state index contributed by atoms with van der Waals surface area (Å²) in [6.45, 7) is 4.15. The SMILES string of the molecule is COc1ccc(Br)cc1C(c1ccc(Cl)s1)N1CCCNCC1. The van der Waals surface area contributed by atoms with Crippen LogP contribution >= 0.6 is 38.9 Å². The van der Waals surface area contributed by atoms with Crippen LogP contribution in [0.3, 0.4) is 0 Å². The molecule has 1 aromatic heterocycles. The van der Waals surface area contributed by atoms with Gasteiger partial charge in [-0.05, 0) is 43.3 Å². The lowest BCUT2D eigenvalue weighted by molar-refractivity contribution is 0.239. The van der Waals surface area contributed by atoms with Crippen molar-refractivity contribution in [2.75, 3.05) is 33.3 Å². The second kappa shape index (κ2) is 7.99. The molecule has 0 radical (unpaired) electrons. The number of rotatable bonds is 4. The molecule has 2 aromatic rings. The van der Waals surface area contributed by atoms with Gasteiger partial charge in [-0.3, -0.25) is 4.90 Å². The zero-order valence-electron chi connectivity index (χ0n) is 13.0. The molecule has 1 unspecified atom stereocenters. The van der Waals surface area contributed by atoms with Crippen LogP contribution in [0.1, 0.15) is 22.9 Å². The second-order valence-corrected chi connectivity index (χ2v) is 8.23. The molecule has 0 saturated carbocycles. The Balaban J connectivity index is 2.05. The smallest absolute Gasteiger partial charge is 0.124 e. The van der Waals surface area contributed by atoms with Gasteiger partial charge in [0.05, 0.1) is 17.5 Å². The largest absolute Gasteiger partial charge is 0.496 e. The topological polar surface area (TPSA) is 24.5 Å². The molecule has 23 heavy (non-hydrogen) atoms. The average Bonchev–Trinajstić information content (AvgIpc) is 2.80. The Hall–Kier alpha value is -0.590. The number of nitrogens with zero attached hydrogens (tertiary/aromatic N) is 1. The average molecular weight is 416 g/mol. The molecule has 1 saturated heterocycles. The molecular weight excluding hydrogens is 396 g/mol. The summed E-state index contributed by atoms with van der Waals surface area (Å²) in [6, 6.07) is 10.5. The van der Waals surface area contributed by atoms with Crippen LogP contribution in [-0.2, 0) is 0 Å². The fourth-order valence-electron chi connectivity index (χ4n) is 3.05. The molecule has 1 aliphatic heterocycles. The molecule has 0 spiro atoms. The number of benzene rings is 1. The molecule has 1 aromatic carbocycles. The maximum atomic E-state index is 6.22. The Morgan fingerprint density at radius 2 is 2.13 bits per heavy atom. The predicted octanol–water partition coefficient (Wildman–Crippen LogP) is 4.56. The summed E-state index contributed by atoms with van der Waals surface area (Å²) in [4.78, 5) is 3.78. The maximum Gasteiger partial charge on any atom is 0.124 e. The molecule has 1 N–H and O–H groups in total. The minimum Gasteiger partial charge on any atom is -0.496 e. The van der Waals surface area contributed by atoms with Crippen molar-refractivity contribution in [1.29, 1.82) is 0 Å². The van der Waals surface area contributed by atoms with Gasteiger partial charge in [0.2, 0.25) is 0 Å².